The van der Waals surface area contributed by atoms with Crippen LogP contribution in [0.2, 0.25) is 0 Å². The van der Waals surface area contributed by atoms with Crippen molar-refractivity contribution in [3.05, 3.63) is 76.4 Å². The SMILES string of the molecule is Cc1c(F)c(F)c(C)c(F)c1F.O=C(O)c1ccc(C(=O)O)c(-n2cncn2)c1.OCCO. The third kappa shape index (κ3) is 6.82. The van der Waals surface area contributed by atoms with E-state index in [-0.39, 0.29) is 30.0 Å². The molecule has 33 heavy (non-hydrogen) atoms. The molecule has 0 aliphatic heterocycles. The number of hydrogen-bond donors (Lipinski definition) is 4. The molecule has 0 bridgehead atoms. The smallest absolute Gasteiger partial charge is 0.337 e. The minimum absolute atomic E-state index is 0.0134. The van der Waals surface area contributed by atoms with E-state index in [2.05, 4.69) is 10.1 Å². The zero-order chi connectivity index (χ0) is 25.3. The number of benzene rings is 2. The molecular formula is C20H19F4N3O6. The van der Waals surface area contributed by atoms with Gasteiger partial charge >= 0.3 is 11.9 Å². The lowest BCUT2D eigenvalue weighted by molar-refractivity contribution is 0.0681. The van der Waals surface area contributed by atoms with Gasteiger partial charge < -0.3 is 20.4 Å². The normalized spacial score (nSPS) is 9.94. The molecule has 1 heterocycles. The van der Waals surface area contributed by atoms with Crippen molar-refractivity contribution in [3.63, 3.8) is 0 Å². The summed E-state index contributed by atoms with van der Waals surface area (Å²) in [4.78, 5) is 25.5. The first-order chi connectivity index (χ1) is 15.5. The standard InChI is InChI=1S/C10H7N3O4.C8H6F4.C2H6O2/c14-9(15)6-1-2-7(10(16)17)8(3-6)13-5-11-4-12-13;1-3-5(9)7(11)4(2)8(12)6(3)10;3-1-2-4/h1-5H,(H,14,15)(H,16,17);1-2H3;3-4H,1-2H2. The van der Waals surface area contributed by atoms with E-state index in [4.69, 9.17) is 20.4 Å². The molecule has 0 fully saturated rings. The lowest BCUT2D eigenvalue weighted by Gasteiger charge is -2.06. The van der Waals surface area contributed by atoms with Crippen LogP contribution >= 0.6 is 0 Å². The van der Waals surface area contributed by atoms with Crippen molar-refractivity contribution in [2.24, 2.45) is 0 Å². The number of aromatic carboxylic acids is 2. The van der Waals surface area contributed by atoms with E-state index >= 15 is 0 Å². The van der Waals surface area contributed by atoms with Crippen molar-refractivity contribution in [2.45, 2.75) is 13.8 Å². The van der Waals surface area contributed by atoms with Gasteiger partial charge in [-0.25, -0.2) is 36.8 Å². The molecule has 4 N–H and O–H groups in total. The van der Waals surface area contributed by atoms with Crippen molar-refractivity contribution >= 4 is 11.9 Å². The van der Waals surface area contributed by atoms with Crippen LogP contribution in [0.25, 0.3) is 5.69 Å². The van der Waals surface area contributed by atoms with Gasteiger partial charge in [0, 0.05) is 11.1 Å². The molecule has 2 aromatic carbocycles. The van der Waals surface area contributed by atoms with Gasteiger partial charge in [0.1, 0.15) is 12.7 Å². The zero-order valence-corrected chi connectivity index (χ0v) is 17.3. The number of nitrogens with zero attached hydrogens (tertiary/aromatic N) is 3. The average molecular weight is 473 g/mol. The predicted octanol–water partition coefficient (Wildman–Crippen LogP) is 2.49. The minimum Gasteiger partial charge on any atom is -0.478 e. The van der Waals surface area contributed by atoms with Crippen LogP contribution in [0.1, 0.15) is 31.8 Å². The second kappa shape index (κ2) is 12.3. The highest BCUT2D eigenvalue weighted by molar-refractivity contribution is 5.95. The summed E-state index contributed by atoms with van der Waals surface area (Å²) in [5.74, 6) is -7.61. The number of hydrogen-bond acceptors (Lipinski definition) is 6. The van der Waals surface area contributed by atoms with Crippen LogP contribution in [0.4, 0.5) is 17.6 Å². The largest absolute Gasteiger partial charge is 0.478 e. The predicted molar refractivity (Wildman–Crippen MR) is 105 cm³/mol. The number of halogens is 4. The Morgan fingerprint density at radius 2 is 1.36 bits per heavy atom. The molecule has 0 saturated heterocycles. The van der Waals surface area contributed by atoms with E-state index < -0.39 is 46.3 Å². The molecule has 0 unspecified atom stereocenters. The van der Waals surface area contributed by atoms with Crippen LogP contribution < -0.4 is 0 Å². The van der Waals surface area contributed by atoms with E-state index in [0.717, 1.165) is 13.8 Å². The molecule has 0 aliphatic carbocycles. The third-order valence-electron chi connectivity index (χ3n) is 3.94. The molecule has 3 aromatic rings. The molecule has 0 aliphatic rings. The molecule has 0 amide bonds. The van der Waals surface area contributed by atoms with Crippen LogP contribution in [-0.2, 0) is 0 Å². The van der Waals surface area contributed by atoms with Gasteiger partial charge in [-0.1, -0.05) is 0 Å². The van der Waals surface area contributed by atoms with Crippen LogP contribution in [0.3, 0.4) is 0 Å². The Labute approximate surface area is 184 Å². The highest BCUT2D eigenvalue weighted by atomic mass is 19.2. The maximum atomic E-state index is 12.7. The quantitative estimate of drug-likeness (QED) is 0.334. The monoisotopic (exact) mass is 473 g/mol. The Bertz CT molecular complexity index is 1020. The van der Waals surface area contributed by atoms with E-state index in [1.165, 1.54) is 35.5 Å². The van der Waals surface area contributed by atoms with Crippen molar-refractivity contribution in [2.75, 3.05) is 13.2 Å². The fourth-order valence-electron chi connectivity index (χ4n) is 2.22. The number of aromatic nitrogens is 3. The summed E-state index contributed by atoms with van der Waals surface area (Å²) in [7, 11) is 0. The molecule has 9 nitrogen and oxygen atoms in total. The van der Waals surface area contributed by atoms with E-state index in [9.17, 15) is 27.2 Å². The summed E-state index contributed by atoms with van der Waals surface area (Å²) in [6, 6.07) is 3.69. The van der Waals surface area contributed by atoms with Gasteiger partial charge in [0.25, 0.3) is 0 Å². The van der Waals surface area contributed by atoms with Gasteiger partial charge in [0.2, 0.25) is 0 Å². The van der Waals surface area contributed by atoms with Gasteiger partial charge in [0.15, 0.2) is 23.3 Å². The fraction of sp³-hybridized carbons (Fsp3) is 0.200. The molecule has 1 aromatic heterocycles. The molecular weight excluding hydrogens is 454 g/mol. The number of carbonyl (C=O) groups is 2. The number of aliphatic hydroxyl groups is 2. The summed E-state index contributed by atoms with van der Waals surface area (Å²) in [6.07, 6.45) is 2.53. The Morgan fingerprint density at radius 3 is 1.70 bits per heavy atom. The lowest BCUT2D eigenvalue weighted by Crippen LogP contribution is -2.08. The lowest BCUT2D eigenvalue weighted by atomic mass is 10.1. The zero-order valence-electron chi connectivity index (χ0n) is 17.3. The molecule has 0 radical (unpaired) electrons. The third-order valence-corrected chi connectivity index (χ3v) is 3.94. The van der Waals surface area contributed by atoms with E-state index in [1.807, 2.05) is 0 Å². The van der Waals surface area contributed by atoms with Crippen LogP contribution in [0.15, 0.2) is 30.9 Å². The number of carboxylic acids is 2. The van der Waals surface area contributed by atoms with Gasteiger partial charge in [-0.15, -0.1) is 0 Å². The summed E-state index contributed by atoms with van der Waals surface area (Å²) >= 11 is 0. The summed E-state index contributed by atoms with van der Waals surface area (Å²) in [6.45, 7) is 1.71. The molecule has 0 saturated carbocycles. The Kier molecular flexibility index (Phi) is 10.1. The molecule has 0 spiro atoms. The van der Waals surface area contributed by atoms with Crippen LogP contribution in [-0.4, -0.2) is 60.3 Å². The van der Waals surface area contributed by atoms with Crippen molar-refractivity contribution in [1.82, 2.24) is 14.8 Å². The van der Waals surface area contributed by atoms with Crippen molar-refractivity contribution in [1.29, 1.82) is 0 Å². The van der Waals surface area contributed by atoms with Gasteiger partial charge in [-0.2, -0.15) is 5.10 Å². The van der Waals surface area contributed by atoms with Crippen molar-refractivity contribution < 1.29 is 47.6 Å². The van der Waals surface area contributed by atoms with E-state index in [1.54, 1.807) is 0 Å². The van der Waals surface area contributed by atoms with Gasteiger partial charge in [0.05, 0.1) is 30.0 Å². The summed E-state index contributed by atoms with van der Waals surface area (Å²) in [5, 5.41) is 36.9. The molecule has 0 atom stereocenters. The van der Waals surface area contributed by atoms with Crippen molar-refractivity contribution in [3.8, 4) is 5.69 Å². The minimum atomic E-state index is -1.33. The average Bonchev–Trinajstić information content (AvgIpc) is 3.35. The van der Waals surface area contributed by atoms with Gasteiger partial charge in [-0.05, 0) is 32.0 Å². The van der Waals surface area contributed by atoms with Crippen LogP contribution in [0.5, 0.6) is 0 Å². The Morgan fingerprint density at radius 1 is 0.879 bits per heavy atom. The maximum Gasteiger partial charge on any atom is 0.337 e. The topological polar surface area (TPSA) is 146 Å². The number of aliphatic hydroxyl groups excluding tert-OH is 2. The maximum absolute atomic E-state index is 12.7. The first-order valence-electron chi connectivity index (χ1n) is 8.94. The van der Waals surface area contributed by atoms with Gasteiger partial charge in [-0.3, -0.25) is 0 Å². The van der Waals surface area contributed by atoms with E-state index in [0.29, 0.717) is 0 Å². The van der Waals surface area contributed by atoms with Crippen LogP contribution in [0, 0.1) is 37.1 Å². The molecule has 178 valence electrons. The highest BCUT2D eigenvalue weighted by Crippen LogP contribution is 2.22. The highest BCUT2D eigenvalue weighted by Gasteiger charge is 2.19. The number of rotatable bonds is 4. The second-order valence-electron chi connectivity index (χ2n) is 6.14. The number of carboxylic acid groups (broad SMARTS) is 2. The summed E-state index contributed by atoms with van der Waals surface area (Å²) < 4.78 is 51.8. The second-order valence-corrected chi connectivity index (χ2v) is 6.14. The molecule has 3 rings (SSSR count). The first kappa shape index (κ1) is 27.2. The Balaban J connectivity index is 0.000000297. The molecule has 13 heteroatoms. The Hall–Kier alpha value is -3.84. The fourth-order valence-corrected chi connectivity index (χ4v) is 2.22. The summed E-state index contributed by atoms with van der Waals surface area (Å²) in [5.41, 5.74) is -1.15. The first-order valence-corrected chi connectivity index (χ1v) is 8.94.